The Bertz CT molecular complexity index is 639. The molecule has 0 radical (unpaired) electrons. The number of nitriles is 1. The van der Waals surface area contributed by atoms with E-state index in [2.05, 4.69) is 16.0 Å². The van der Waals surface area contributed by atoms with Crippen molar-refractivity contribution in [1.82, 2.24) is 9.97 Å². The molecular weight excluding hydrogens is 282 g/mol. The first-order valence-corrected chi connectivity index (χ1v) is 7.66. The molecule has 4 nitrogen and oxygen atoms in total. The van der Waals surface area contributed by atoms with Crippen LogP contribution in [-0.2, 0) is 0 Å². The third-order valence-corrected chi connectivity index (χ3v) is 3.99. The van der Waals surface area contributed by atoms with Crippen molar-refractivity contribution >= 4 is 11.8 Å². The molecule has 1 aromatic carbocycles. The van der Waals surface area contributed by atoms with E-state index in [9.17, 15) is 0 Å². The Labute approximate surface area is 129 Å². The van der Waals surface area contributed by atoms with E-state index in [1.807, 2.05) is 20.8 Å². The first kappa shape index (κ1) is 15.3. The molecule has 0 saturated carbocycles. The Morgan fingerprint density at radius 1 is 1.10 bits per heavy atom. The molecule has 0 saturated heterocycles. The summed E-state index contributed by atoms with van der Waals surface area (Å²) in [4.78, 5) is 8.92. The van der Waals surface area contributed by atoms with Crippen LogP contribution in [0.25, 0.3) is 0 Å². The molecule has 0 unspecified atom stereocenters. The molecule has 0 fully saturated rings. The van der Waals surface area contributed by atoms with Crippen LogP contribution in [0, 0.1) is 32.1 Å². The van der Waals surface area contributed by atoms with Gasteiger partial charge in [-0.3, -0.25) is 0 Å². The Morgan fingerprint density at radius 2 is 1.71 bits per heavy atom. The zero-order valence-corrected chi connectivity index (χ0v) is 13.2. The van der Waals surface area contributed by atoms with Crippen LogP contribution in [0.15, 0.2) is 29.4 Å². The maximum atomic E-state index is 8.72. The van der Waals surface area contributed by atoms with E-state index in [1.54, 1.807) is 36.0 Å². The normalized spacial score (nSPS) is 10.2. The summed E-state index contributed by atoms with van der Waals surface area (Å²) in [7, 11) is 0. The first-order valence-electron chi connectivity index (χ1n) is 6.67. The molecule has 2 aromatic rings. The highest BCUT2D eigenvalue weighted by Gasteiger charge is 2.05. The highest BCUT2D eigenvalue weighted by molar-refractivity contribution is 7.99. The third-order valence-electron chi connectivity index (χ3n) is 3.18. The van der Waals surface area contributed by atoms with Gasteiger partial charge in [0.05, 0.1) is 18.2 Å². The van der Waals surface area contributed by atoms with Crippen LogP contribution < -0.4 is 4.74 Å². The molecule has 0 amide bonds. The van der Waals surface area contributed by atoms with Gasteiger partial charge >= 0.3 is 0 Å². The van der Waals surface area contributed by atoms with Gasteiger partial charge in [-0.1, -0.05) is 11.8 Å². The van der Waals surface area contributed by atoms with Crippen LogP contribution in [0.2, 0.25) is 0 Å². The van der Waals surface area contributed by atoms with Crippen LogP contribution in [0.5, 0.6) is 5.75 Å². The van der Waals surface area contributed by atoms with Crippen molar-refractivity contribution in [3.8, 4) is 11.8 Å². The number of thioether (sulfide) groups is 1. The number of hydrogen-bond donors (Lipinski definition) is 0. The number of hydrogen-bond acceptors (Lipinski definition) is 5. The molecule has 0 atom stereocenters. The Morgan fingerprint density at radius 3 is 2.29 bits per heavy atom. The molecule has 0 N–H and O–H groups in total. The summed E-state index contributed by atoms with van der Waals surface area (Å²) < 4.78 is 5.63. The molecule has 2 rings (SSSR count). The van der Waals surface area contributed by atoms with Crippen LogP contribution in [0.4, 0.5) is 0 Å². The highest BCUT2D eigenvalue weighted by Crippen LogP contribution is 2.18. The van der Waals surface area contributed by atoms with Gasteiger partial charge in [0.25, 0.3) is 0 Å². The molecule has 108 valence electrons. The predicted octanol–water partition coefficient (Wildman–Crippen LogP) is 3.44. The first-order chi connectivity index (χ1) is 10.1. The van der Waals surface area contributed by atoms with Crippen molar-refractivity contribution in [2.75, 3.05) is 12.4 Å². The lowest BCUT2D eigenvalue weighted by molar-refractivity contribution is 0.344. The van der Waals surface area contributed by atoms with Gasteiger partial charge in [-0.2, -0.15) is 5.26 Å². The van der Waals surface area contributed by atoms with Gasteiger partial charge in [-0.25, -0.2) is 9.97 Å². The fraction of sp³-hybridized carbons (Fsp3) is 0.312. The zero-order valence-electron chi connectivity index (χ0n) is 12.4. The molecule has 1 aromatic heterocycles. The summed E-state index contributed by atoms with van der Waals surface area (Å²) in [5.41, 5.74) is 3.83. The summed E-state index contributed by atoms with van der Waals surface area (Å²) in [5.74, 6) is 1.55. The van der Waals surface area contributed by atoms with Gasteiger partial charge in [-0.05, 0) is 50.6 Å². The maximum absolute atomic E-state index is 8.72. The minimum atomic E-state index is 0.575. The summed E-state index contributed by atoms with van der Waals surface area (Å²) in [6.45, 7) is 6.61. The van der Waals surface area contributed by atoms with Gasteiger partial charge in [0, 0.05) is 17.1 Å². The lowest BCUT2D eigenvalue weighted by atomic mass is 10.2. The predicted molar refractivity (Wildman–Crippen MR) is 83.6 cm³/mol. The number of rotatable bonds is 5. The fourth-order valence-corrected chi connectivity index (χ4v) is 2.48. The van der Waals surface area contributed by atoms with Gasteiger partial charge in [-0.15, -0.1) is 0 Å². The molecule has 0 aliphatic carbocycles. The number of ether oxygens (including phenoxy) is 1. The number of benzene rings is 1. The summed E-state index contributed by atoms with van der Waals surface area (Å²) in [6, 6.07) is 9.19. The van der Waals surface area contributed by atoms with E-state index in [-0.39, 0.29) is 0 Å². The molecule has 21 heavy (non-hydrogen) atoms. The summed E-state index contributed by atoms with van der Waals surface area (Å²) in [5, 5.41) is 9.52. The van der Waals surface area contributed by atoms with Crippen molar-refractivity contribution in [3.05, 3.63) is 46.8 Å². The van der Waals surface area contributed by atoms with Gasteiger partial charge in [0.2, 0.25) is 0 Å². The summed E-state index contributed by atoms with van der Waals surface area (Å²) in [6.07, 6.45) is 0. The minimum absolute atomic E-state index is 0.575. The number of aromatic nitrogens is 2. The van der Waals surface area contributed by atoms with Gasteiger partial charge < -0.3 is 4.74 Å². The van der Waals surface area contributed by atoms with Crippen molar-refractivity contribution in [1.29, 1.82) is 5.26 Å². The molecule has 1 heterocycles. The monoisotopic (exact) mass is 299 g/mol. The van der Waals surface area contributed by atoms with Crippen molar-refractivity contribution in [3.63, 3.8) is 0 Å². The van der Waals surface area contributed by atoms with E-state index >= 15 is 0 Å². The average Bonchev–Trinajstić information content (AvgIpc) is 2.49. The molecule has 0 spiro atoms. The smallest absolute Gasteiger partial charge is 0.188 e. The lowest BCUT2D eigenvalue weighted by Crippen LogP contribution is -2.03. The Balaban J connectivity index is 1.83. The Kier molecular flexibility index (Phi) is 5.18. The second-order valence-corrected chi connectivity index (χ2v) is 5.70. The largest absolute Gasteiger partial charge is 0.493 e. The average molecular weight is 299 g/mol. The summed E-state index contributed by atoms with van der Waals surface area (Å²) >= 11 is 1.58. The molecule has 0 aliphatic heterocycles. The molecular formula is C16H17N3OS. The molecule has 0 bridgehead atoms. The Hall–Kier alpha value is -2.06. The highest BCUT2D eigenvalue weighted by atomic mass is 32.2. The third kappa shape index (κ3) is 4.20. The standard InChI is InChI=1S/C16H17N3OS/c1-11-12(2)18-16(19-13(11)3)21-9-8-20-15-6-4-14(10-17)5-7-15/h4-7H,8-9H2,1-3H3. The van der Waals surface area contributed by atoms with E-state index in [4.69, 9.17) is 10.00 Å². The molecule has 0 aliphatic rings. The van der Waals surface area contributed by atoms with Gasteiger partial charge in [0.1, 0.15) is 5.75 Å². The van der Waals surface area contributed by atoms with E-state index < -0.39 is 0 Å². The second-order valence-electron chi connectivity index (χ2n) is 4.64. The van der Waals surface area contributed by atoms with Crippen LogP contribution in [0.1, 0.15) is 22.5 Å². The fourth-order valence-electron chi connectivity index (χ4n) is 1.72. The van der Waals surface area contributed by atoms with Crippen LogP contribution >= 0.6 is 11.8 Å². The lowest BCUT2D eigenvalue weighted by Gasteiger charge is -2.08. The SMILES string of the molecule is Cc1nc(SCCOc2ccc(C#N)cc2)nc(C)c1C. The quantitative estimate of drug-likeness (QED) is 0.481. The van der Waals surface area contributed by atoms with E-state index in [0.29, 0.717) is 12.2 Å². The van der Waals surface area contributed by atoms with Gasteiger partial charge in [0.15, 0.2) is 5.16 Å². The topological polar surface area (TPSA) is 58.8 Å². The minimum Gasteiger partial charge on any atom is -0.493 e. The van der Waals surface area contributed by atoms with Crippen LogP contribution in [-0.4, -0.2) is 22.3 Å². The van der Waals surface area contributed by atoms with E-state index in [1.165, 1.54) is 0 Å². The van der Waals surface area contributed by atoms with Crippen molar-refractivity contribution in [2.45, 2.75) is 25.9 Å². The number of nitrogens with zero attached hydrogens (tertiary/aromatic N) is 3. The number of aryl methyl sites for hydroxylation is 2. The zero-order chi connectivity index (χ0) is 15.2. The van der Waals surface area contributed by atoms with Crippen LogP contribution in [0.3, 0.4) is 0 Å². The molecule has 5 heteroatoms. The van der Waals surface area contributed by atoms with Crippen molar-refractivity contribution in [2.24, 2.45) is 0 Å². The van der Waals surface area contributed by atoms with Crippen molar-refractivity contribution < 1.29 is 4.74 Å². The second kappa shape index (κ2) is 7.09. The van der Waals surface area contributed by atoms with E-state index in [0.717, 1.165) is 33.6 Å². The maximum Gasteiger partial charge on any atom is 0.188 e.